The number of carbonyl (C=O) groups excluding carboxylic acids is 3. The van der Waals surface area contributed by atoms with Crippen LogP contribution in [0.5, 0.6) is 5.75 Å². The fraction of sp³-hybridized carbons (Fsp3) is 0.360. The highest BCUT2D eigenvalue weighted by Crippen LogP contribution is 2.35. The van der Waals surface area contributed by atoms with Crippen molar-refractivity contribution >= 4 is 43.2 Å². The van der Waals surface area contributed by atoms with E-state index in [0.717, 1.165) is 12.1 Å². The molecule has 2 aromatic carbocycles. The Morgan fingerprint density at radius 3 is 2.12 bits per heavy atom. The summed E-state index contributed by atoms with van der Waals surface area (Å²) in [6.07, 6.45) is 0. The zero-order valence-electron chi connectivity index (χ0n) is 22.0. The van der Waals surface area contributed by atoms with Crippen LogP contribution >= 0.6 is 0 Å². The molecular weight excluding hydrogens is 566 g/mol. The third-order valence-electron chi connectivity index (χ3n) is 6.13. The number of ketones is 1. The van der Waals surface area contributed by atoms with Crippen LogP contribution in [0, 0.1) is 0 Å². The van der Waals surface area contributed by atoms with Crippen molar-refractivity contribution in [3.63, 3.8) is 0 Å². The summed E-state index contributed by atoms with van der Waals surface area (Å²) in [5.41, 5.74) is 6.53. The lowest BCUT2D eigenvalue weighted by molar-refractivity contribution is -0.145. The number of nitrogens with two attached hydrogens (primary N) is 1. The molecule has 1 aliphatic rings. The van der Waals surface area contributed by atoms with Crippen molar-refractivity contribution in [2.45, 2.75) is 37.1 Å². The number of amides is 1. The number of Topliss-reactive ketones (excluding diaryl/α,β-unsaturated/α-hetero) is 1. The molecule has 0 radical (unpaired) electrons. The summed E-state index contributed by atoms with van der Waals surface area (Å²) in [6, 6.07) is 6.47. The van der Waals surface area contributed by atoms with Crippen molar-refractivity contribution in [1.29, 1.82) is 0 Å². The van der Waals surface area contributed by atoms with E-state index in [0.29, 0.717) is 16.7 Å². The Bertz CT molecular complexity index is 1540. The maximum absolute atomic E-state index is 13.3. The van der Waals surface area contributed by atoms with E-state index in [2.05, 4.69) is 5.16 Å². The van der Waals surface area contributed by atoms with Crippen molar-refractivity contribution in [3.8, 4) is 5.75 Å². The van der Waals surface area contributed by atoms with Gasteiger partial charge in [-0.25, -0.2) is 21.6 Å². The van der Waals surface area contributed by atoms with Crippen LogP contribution in [0.25, 0.3) is 0 Å². The van der Waals surface area contributed by atoms with Crippen LogP contribution < -0.4 is 10.5 Å². The third kappa shape index (κ3) is 6.25. The molecule has 0 spiro atoms. The van der Waals surface area contributed by atoms with Crippen LogP contribution in [0.2, 0.25) is 0 Å². The van der Waals surface area contributed by atoms with Gasteiger partial charge in [-0.3, -0.25) is 9.59 Å². The van der Waals surface area contributed by atoms with E-state index < -0.39 is 77.5 Å². The first-order valence-electron chi connectivity index (χ1n) is 12.1. The summed E-state index contributed by atoms with van der Waals surface area (Å²) < 4.78 is 62.1. The van der Waals surface area contributed by atoms with Crippen LogP contribution in [0.1, 0.15) is 52.6 Å². The predicted octanol–water partition coefficient (Wildman–Crippen LogP) is 1.15. The second-order valence-corrected chi connectivity index (χ2v) is 13.1. The monoisotopic (exact) mass is 595 g/mol. The number of esters is 1. The van der Waals surface area contributed by atoms with Gasteiger partial charge in [-0.2, -0.15) is 0 Å². The quantitative estimate of drug-likeness (QED) is 0.0890. The number of benzene rings is 2. The lowest BCUT2D eigenvalue weighted by Crippen LogP contribution is -2.30. The third-order valence-corrected chi connectivity index (χ3v) is 9.60. The standard InChI is InChI=1S/C25H29N3O10S2/c1-4-37-22(30)14-38-23-20(39(33,34)5-2)10-16(11-21(23)40(35,36)6-3)19(29)13-28-12-17-9-15(24(26)27-32)7-8-18(17)25(28)31/h7-11,32H,4-6,12-14H2,1-3H3,(H2,26,27). The molecule has 0 fully saturated rings. The summed E-state index contributed by atoms with van der Waals surface area (Å²) in [4.78, 5) is 38.2. The number of ether oxygens (including phenoxy) is 2. The van der Waals surface area contributed by atoms with Crippen molar-refractivity contribution in [2.24, 2.45) is 10.9 Å². The Hall–Kier alpha value is -3.98. The molecule has 0 unspecified atom stereocenters. The summed E-state index contributed by atoms with van der Waals surface area (Å²) in [6.45, 7) is 3.00. The minimum absolute atomic E-state index is 0.00736. The number of oxime groups is 1. The Labute approximate surface area is 231 Å². The molecule has 216 valence electrons. The smallest absolute Gasteiger partial charge is 0.344 e. The Kier molecular flexibility index (Phi) is 9.20. The maximum atomic E-state index is 13.3. The molecule has 0 atom stereocenters. The van der Waals surface area contributed by atoms with E-state index >= 15 is 0 Å². The van der Waals surface area contributed by atoms with Crippen LogP contribution in [-0.4, -0.2) is 81.7 Å². The van der Waals surface area contributed by atoms with Crippen LogP contribution in [-0.2, 0) is 35.8 Å². The first-order valence-corrected chi connectivity index (χ1v) is 15.4. The van der Waals surface area contributed by atoms with E-state index in [1.54, 1.807) is 13.0 Å². The molecule has 1 heterocycles. The SMILES string of the molecule is CCOC(=O)COc1c(S(=O)(=O)CC)cc(C(=O)CN2Cc3cc(/C(N)=N\O)ccc3C2=O)cc1S(=O)(=O)CC. The van der Waals surface area contributed by atoms with Gasteiger partial charge in [-0.1, -0.05) is 25.1 Å². The van der Waals surface area contributed by atoms with Crippen molar-refractivity contribution in [1.82, 2.24) is 4.90 Å². The number of nitrogens with zero attached hydrogens (tertiary/aromatic N) is 2. The Morgan fingerprint density at radius 2 is 1.60 bits per heavy atom. The molecule has 40 heavy (non-hydrogen) atoms. The Morgan fingerprint density at radius 1 is 1.00 bits per heavy atom. The topological polar surface area (TPSA) is 200 Å². The summed E-state index contributed by atoms with van der Waals surface area (Å²) in [7, 11) is -8.30. The number of sulfone groups is 2. The van der Waals surface area contributed by atoms with Crippen LogP contribution in [0.4, 0.5) is 0 Å². The number of hydrogen-bond donors (Lipinski definition) is 2. The van der Waals surface area contributed by atoms with Crippen LogP contribution in [0.3, 0.4) is 0 Å². The highest BCUT2D eigenvalue weighted by molar-refractivity contribution is 7.92. The fourth-order valence-corrected chi connectivity index (χ4v) is 6.18. The number of amidine groups is 1. The van der Waals surface area contributed by atoms with Gasteiger partial charge in [0.15, 0.2) is 43.6 Å². The second-order valence-electron chi connectivity index (χ2n) is 8.64. The van der Waals surface area contributed by atoms with Gasteiger partial charge in [0.25, 0.3) is 5.91 Å². The number of carbonyl (C=O) groups is 3. The first kappa shape index (κ1) is 30.6. The molecule has 1 amide bonds. The average Bonchev–Trinajstić information content (AvgIpc) is 3.24. The molecule has 15 heteroatoms. The van der Waals surface area contributed by atoms with E-state index in [1.807, 2.05) is 0 Å². The second kappa shape index (κ2) is 12.0. The highest BCUT2D eigenvalue weighted by atomic mass is 32.2. The van der Waals surface area contributed by atoms with Gasteiger partial charge < -0.3 is 25.3 Å². The normalized spacial score (nSPS) is 13.7. The molecule has 0 aliphatic carbocycles. The van der Waals surface area contributed by atoms with Crippen molar-refractivity contribution in [3.05, 3.63) is 52.6 Å². The molecule has 3 rings (SSSR count). The Balaban J connectivity index is 2.04. The molecule has 0 saturated carbocycles. The van der Waals surface area contributed by atoms with Gasteiger partial charge in [0, 0.05) is 23.2 Å². The van der Waals surface area contributed by atoms with Gasteiger partial charge in [-0.15, -0.1) is 0 Å². The fourth-order valence-electron chi connectivity index (χ4n) is 3.98. The van der Waals surface area contributed by atoms with Gasteiger partial charge in [0.2, 0.25) is 0 Å². The number of rotatable bonds is 12. The summed E-state index contributed by atoms with van der Waals surface area (Å²) >= 11 is 0. The maximum Gasteiger partial charge on any atom is 0.344 e. The minimum Gasteiger partial charge on any atom is -0.479 e. The zero-order valence-corrected chi connectivity index (χ0v) is 23.7. The average molecular weight is 596 g/mol. The molecule has 3 N–H and O–H groups in total. The molecular formula is C25H29N3O10S2. The number of fused-ring (bicyclic) bond motifs is 1. The van der Waals surface area contributed by atoms with E-state index in [1.165, 1.54) is 30.9 Å². The van der Waals surface area contributed by atoms with Gasteiger partial charge in [-0.05, 0) is 36.8 Å². The highest BCUT2D eigenvalue weighted by Gasteiger charge is 2.33. The molecule has 0 saturated heterocycles. The molecule has 13 nitrogen and oxygen atoms in total. The molecule has 0 bridgehead atoms. The lowest BCUT2D eigenvalue weighted by Gasteiger charge is -2.19. The van der Waals surface area contributed by atoms with Gasteiger partial charge >= 0.3 is 5.97 Å². The predicted molar refractivity (Wildman–Crippen MR) is 142 cm³/mol. The van der Waals surface area contributed by atoms with Gasteiger partial charge in [0.05, 0.1) is 24.7 Å². The van der Waals surface area contributed by atoms with Crippen LogP contribution in [0.15, 0.2) is 45.3 Å². The summed E-state index contributed by atoms with van der Waals surface area (Å²) in [5.74, 6) is -3.69. The van der Waals surface area contributed by atoms with Gasteiger partial charge in [0.1, 0.15) is 9.79 Å². The van der Waals surface area contributed by atoms with E-state index in [9.17, 15) is 31.2 Å². The minimum atomic E-state index is -4.15. The largest absolute Gasteiger partial charge is 0.479 e. The number of hydrogen-bond acceptors (Lipinski definition) is 11. The molecule has 0 aromatic heterocycles. The first-order chi connectivity index (χ1) is 18.8. The lowest BCUT2D eigenvalue weighted by atomic mass is 10.1. The molecule has 1 aliphatic heterocycles. The summed E-state index contributed by atoms with van der Waals surface area (Å²) in [5, 5.41) is 11.8. The molecule has 2 aromatic rings. The van der Waals surface area contributed by atoms with E-state index in [-0.39, 0.29) is 24.6 Å². The van der Waals surface area contributed by atoms with Crippen molar-refractivity contribution in [2.75, 3.05) is 31.3 Å². The van der Waals surface area contributed by atoms with E-state index in [4.69, 9.17) is 20.4 Å². The zero-order chi connectivity index (χ0) is 29.8. The van der Waals surface area contributed by atoms with Crippen molar-refractivity contribution < 1.29 is 45.9 Å².